The van der Waals surface area contributed by atoms with Crippen LogP contribution in [-0.2, 0) is 10.0 Å². The van der Waals surface area contributed by atoms with Crippen molar-refractivity contribution in [2.45, 2.75) is 31.2 Å². The molecule has 0 heterocycles. The average molecular weight is 362 g/mol. The number of sulfonamides is 1. The van der Waals surface area contributed by atoms with Gasteiger partial charge in [-0.15, -0.1) is 0 Å². The molecule has 0 saturated heterocycles. The number of amides is 1. The number of nitrogens with two attached hydrogens (primary N) is 1. The van der Waals surface area contributed by atoms with Crippen LogP contribution in [-0.4, -0.2) is 20.9 Å². The van der Waals surface area contributed by atoms with Gasteiger partial charge in [0, 0.05) is 5.56 Å². The van der Waals surface area contributed by atoms with Gasteiger partial charge in [0.1, 0.15) is 5.75 Å². The molecule has 2 aromatic carbocycles. The number of carbonyl (C=O) groups is 1. The second kappa shape index (κ2) is 8.13. The minimum atomic E-state index is -3.78. The Hall–Kier alpha value is -2.38. The summed E-state index contributed by atoms with van der Waals surface area (Å²) in [4.78, 5) is 12.4. The minimum Gasteiger partial charge on any atom is -0.494 e. The number of hydrogen-bond acceptors (Lipinski definition) is 4. The topological polar surface area (TPSA) is 98.5 Å². The molecule has 134 valence electrons. The number of rotatable bonds is 7. The lowest BCUT2D eigenvalue weighted by Crippen LogP contribution is -2.26. The number of nitrogens with one attached hydrogen (secondary N) is 1. The van der Waals surface area contributed by atoms with E-state index in [2.05, 4.69) is 5.32 Å². The first-order valence-corrected chi connectivity index (χ1v) is 9.52. The number of primary sulfonamides is 1. The maximum absolute atomic E-state index is 12.3. The van der Waals surface area contributed by atoms with Crippen LogP contribution < -0.4 is 15.2 Å². The zero-order valence-corrected chi connectivity index (χ0v) is 15.0. The summed E-state index contributed by atoms with van der Waals surface area (Å²) in [6.45, 7) is 4.43. The van der Waals surface area contributed by atoms with Gasteiger partial charge in [0.2, 0.25) is 10.0 Å². The minimum absolute atomic E-state index is 0.0172. The molecule has 0 aliphatic rings. The Kier molecular flexibility index (Phi) is 6.17. The highest BCUT2D eigenvalue weighted by molar-refractivity contribution is 7.89. The second-order valence-corrected chi connectivity index (χ2v) is 7.25. The number of hydrogen-bond donors (Lipinski definition) is 2. The summed E-state index contributed by atoms with van der Waals surface area (Å²) in [6, 6.07) is 12.7. The van der Waals surface area contributed by atoms with Gasteiger partial charge in [-0.05, 0) is 55.3 Å². The standard InChI is InChI=1S/C18H22N2O4S/c1-3-11-24-16-9-7-14(8-10-16)18(21)20-13(2)15-5-4-6-17(12-15)25(19,22)23/h4-10,12-13H,3,11H2,1-2H3,(H,20,21)(H2,19,22,23). The first kappa shape index (κ1) is 19.0. The van der Waals surface area contributed by atoms with Gasteiger partial charge in [-0.25, -0.2) is 13.6 Å². The van der Waals surface area contributed by atoms with Crippen LogP contribution in [0.1, 0.15) is 42.2 Å². The molecule has 0 fully saturated rings. The Labute approximate surface area is 148 Å². The normalized spacial score (nSPS) is 12.4. The predicted molar refractivity (Wildman–Crippen MR) is 95.9 cm³/mol. The van der Waals surface area contributed by atoms with Crippen LogP contribution in [0.3, 0.4) is 0 Å². The molecule has 2 rings (SSSR count). The fourth-order valence-electron chi connectivity index (χ4n) is 2.25. The van der Waals surface area contributed by atoms with Gasteiger partial charge >= 0.3 is 0 Å². The fourth-order valence-corrected chi connectivity index (χ4v) is 2.82. The van der Waals surface area contributed by atoms with E-state index in [1.165, 1.54) is 12.1 Å². The largest absolute Gasteiger partial charge is 0.494 e. The van der Waals surface area contributed by atoms with Gasteiger partial charge < -0.3 is 10.1 Å². The average Bonchev–Trinajstić information content (AvgIpc) is 2.59. The van der Waals surface area contributed by atoms with Crippen molar-refractivity contribution in [1.29, 1.82) is 0 Å². The Bertz CT molecular complexity index is 832. The van der Waals surface area contributed by atoms with E-state index in [9.17, 15) is 13.2 Å². The highest BCUT2D eigenvalue weighted by Crippen LogP contribution is 2.18. The Morgan fingerprint density at radius 3 is 2.48 bits per heavy atom. The van der Waals surface area contributed by atoms with E-state index < -0.39 is 10.0 Å². The van der Waals surface area contributed by atoms with Crippen LogP contribution in [0.2, 0.25) is 0 Å². The van der Waals surface area contributed by atoms with E-state index in [1.807, 2.05) is 6.92 Å². The summed E-state index contributed by atoms with van der Waals surface area (Å²) in [7, 11) is -3.78. The summed E-state index contributed by atoms with van der Waals surface area (Å²) >= 11 is 0. The highest BCUT2D eigenvalue weighted by atomic mass is 32.2. The van der Waals surface area contributed by atoms with Crippen LogP contribution in [0.4, 0.5) is 0 Å². The van der Waals surface area contributed by atoms with Crippen molar-refractivity contribution in [2.75, 3.05) is 6.61 Å². The summed E-state index contributed by atoms with van der Waals surface area (Å²) in [6.07, 6.45) is 0.914. The van der Waals surface area contributed by atoms with Crippen molar-refractivity contribution in [3.05, 3.63) is 59.7 Å². The van der Waals surface area contributed by atoms with Gasteiger partial charge in [0.05, 0.1) is 17.5 Å². The summed E-state index contributed by atoms with van der Waals surface area (Å²) < 4.78 is 28.4. The lowest BCUT2D eigenvalue weighted by Gasteiger charge is -2.15. The summed E-state index contributed by atoms with van der Waals surface area (Å²) in [5.41, 5.74) is 1.15. The molecule has 0 aliphatic carbocycles. The monoisotopic (exact) mass is 362 g/mol. The third-order valence-corrected chi connectivity index (χ3v) is 4.53. The molecule has 25 heavy (non-hydrogen) atoms. The molecule has 7 heteroatoms. The van der Waals surface area contributed by atoms with Crippen LogP contribution in [0.15, 0.2) is 53.4 Å². The molecular formula is C18H22N2O4S. The zero-order valence-electron chi connectivity index (χ0n) is 14.2. The third kappa shape index (κ3) is 5.30. The number of carbonyl (C=O) groups excluding carboxylic acids is 1. The molecule has 1 unspecified atom stereocenters. The van der Waals surface area contributed by atoms with Crippen molar-refractivity contribution in [3.63, 3.8) is 0 Å². The van der Waals surface area contributed by atoms with Crippen molar-refractivity contribution < 1.29 is 17.9 Å². The Morgan fingerprint density at radius 1 is 1.20 bits per heavy atom. The second-order valence-electron chi connectivity index (χ2n) is 5.69. The van der Waals surface area contributed by atoms with E-state index in [0.717, 1.165) is 6.42 Å². The van der Waals surface area contributed by atoms with E-state index in [4.69, 9.17) is 9.88 Å². The molecule has 0 aliphatic heterocycles. The van der Waals surface area contributed by atoms with E-state index in [-0.39, 0.29) is 16.8 Å². The molecule has 1 amide bonds. The van der Waals surface area contributed by atoms with E-state index >= 15 is 0 Å². The first-order valence-electron chi connectivity index (χ1n) is 7.97. The molecule has 0 aromatic heterocycles. The molecule has 3 N–H and O–H groups in total. The third-order valence-electron chi connectivity index (χ3n) is 3.62. The lowest BCUT2D eigenvalue weighted by molar-refractivity contribution is 0.0940. The molecule has 6 nitrogen and oxygen atoms in total. The molecule has 0 spiro atoms. The molecule has 0 radical (unpaired) electrons. The summed E-state index contributed by atoms with van der Waals surface area (Å²) in [5.74, 6) is 0.461. The molecule has 0 saturated carbocycles. The predicted octanol–water partition coefficient (Wildman–Crippen LogP) is 2.61. The van der Waals surface area contributed by atoms with Gasteiger partial charge in [-0.2, -0.15) is 0 Å². The van der Waals surface area contributed by atoms with Crippen molar-refractivity contribution in [2.24, 2.45) is 5.14 Å². The van der Waals surface area contributed by atoms with Crippen LogP contribution in [0.5, 0.6) is 5.75 Å². The highest BCUT2D eigenvalue weighted by Gasteiger charge is 2.14. The Morgan fingerprint density at radius 2 is 1.88 bits per heavy atom. The first-order chi connectivity index (χ1) is 11.8. The SMILES string of the molecule is CCCOc1ccc(C(=O)NC(C)c2cccc(S(N)(=O)=O)c2)cc1. The van der Waals surface area contributed by atoms with E-state index in [1.54, 1.807) is 43.3 Å². The molecular weight excluding hydrogens is 340 g/mol. The zero-order chi connectivity index (χ0) is 18.4. The van der Waals surface area contributed by atoms with Crippen LogP contribution in [0, 0.1) is 0 Å². The van der Waals surface area contributed by atoms with Gasteiger partial charge in [-0.1, -0.05) is 19.1 Å². The number of benzene rings is 2. The van der Waals surface area contributed by atoms with E-state index in [0.29, 0.717) is 23.5 Å². The van der Waals surface area contributed by atoms with Crippen molar-refractivity contribution in [3.8, 4) is 5.75 Å². The van der Waals surface area contributed by atoms with Crippen molar-refractivity contribution in [1.82, 2.24) is 5.32 Å². The van der Waals surface area contributed by atoms with Crippen LogP contribution >= 0.6 is 0 Å². The van der Waals surface area contributed by atoms with Gasteiger partial charge in [0.25, 0.3) is 5.91 Å². The lowest BCUT2D eigenvalue weighted by atomic mass is 10.1. The number of ether oxygens (including phenoxy) is 1. The molecule has 2 aromatic rings. The summed E-state index contributed by atoms with van der Waals surface area (Å²) in [5, 5.41) is 7.98. The van der Waals surface area contributed by atoms with Crippen LogP contribution in [0.25, 0.3) is 0 Å². The smallest absolute Gasteiger partial charge is 0.251 e. The quantitative estimate of drug-likeness (QED) is 0.791. The van der Waals surface area contributed by atoms with Gasteiger partial charge in [0.15, 0.2) is 0 Å². The Balaban J connectivity index is 2.07. The van der Waals surface area contributed by atoms with Gasteiger partial charge in [-0.3, -0.25) is 4.79 Å². The molecule has 1 atom stereocenters. The fraction of sp³-hybridized carbons (Fsp3) is 0.278. The maximum Gasteiger partial charge on any atom is 0.251 e. The molecule has 0 bridgehead atoms. The maximum atomic E-state index is 12.3. The van der Waals surface area contributed by atoms with Crippen molar-refractivity contribution >= 4 is 15.9 Å².